The maximum atomic E-state index is 13.5. The summed E-state index contributed by atoms with van der Waals surface area (Å²) >= 11 is 0. The fourth-order valence-corrected chi connectivity index (χ4v) is 5.22. The highest BCUT2D eigenvalue weighted by Gasteiger charge is 2.43. The first kappa shape index (κ1) is 31.6. The van der Waals surface area contributed by atoms with Gasteiger partial charge in [0, 0.05) is 19.4 Å². The van der Waals surface area contributed by atoms with Gasteiger partial charge in [0.05, 0.1) is 5.41 Å². The number of carbonyl (C=O) groups excluding carboxylic acids is 6. The minimum atomic E-state index is -1.50. The van der Waals surface area contributed by atoms with Crippen LogP contribution in [0.5, 0.6) is 0 Å². The van der Waals surface area contributed by atoms with Crippen LogP contribution in [0.15, 0.2) is 60.7 Å². The molecule has 1 aliphatic carbocycles. The van der Waals surface area contributed by atoms with Crippen LogP contribution in [-0.2, 0) is 44.6 Å². The van der Waals surface area contributed by atoms with Crippen molar-refractivity contribution in [3.8, 4) is 0 Å². The molecule has 2 atom stereocenters. The van der Waals surface area contributed by atoms with E-state index in [2.05, 4.69) is 0 Å². The van der Waals surface area contributed by atoms with E-state index in [4.69, 9.17) is 14.2 Å². The van der Waals surface area contributed by atoms with Crippen LogP contribution >= 0.6 is 0 Å². The van der Waals surface area contributed by atoms with Gasteiger partial charge >= 0.3 is 12.1 Å². The fourth-order valence-electron chi connectivity index (χ4n) is 5.22. The molecule has 0 aromatic heterocycles. The number of nitrogens with zero attached hydrogens (tertiary/aromatic N) is 1. The molecule has 1 aliphatic heterocycles. The standard InChI is InChI=1S/C33H37NO9/c1-33(2,21-41-32(40)43-28-25(35)17-18-26(28)36)29(37)30(38)34-20-10-9-15-24(34)31(39)42-27(23-13-7-4-8-14-23)19-16-22-11-5-3-6-12-22/h3-8,11-14,24,27-28H,9-10,15-21H2,1-2H3/t24-,27+/m0/s1. The Morgan fingerprint density at radius 1 is 0.907 bits per heavy atom. The van der Waals surface area contributed by atoms with Gasteiger partial charge in [-0.3, -0.25) is 19.2 Å². The van der Waals surface area contributed by atoms with Crippen molar-refractivity contribution in [2.45, 2.75) is 77.0 Å². The zero-order valence-corrected chi connectivity index (χ0v) is 24.5. The number of esters is 1. The Hall–Kier alpha value is -4.34. The summed E-state index contributed by atoms with van der Waals surface area (Å²) in [5.41, 5.74) is 0.477. The molecule has 4 rings (SSSR count). The number of piperidine rings is 1. The number of ether oxygens (including phenoxy) is 3. The van der Waals surface area contributed by atoms with Crippen molar-refractivity contribution >= 4 is 35.4 Å². The van der Waals surface area contributed by atoms with Crippen LogP contribution in [0.2, 0.25) is 0 Å². The third-order valence-corrected chi connectivity index (χ3v) is 7.78. The topological polar surface area (TPSA) is 133 Å². The van der Waals surface area contributed by atoms with Crippen LogP contribution < -0.4 is 0 Å². The third kappa shape index (κ3) is 8.15. The molecule has 2 aromatic carbocycles. The van der Waals surface area contributed by atoms with Gasteiger partial charge < -0.3 is 19.1 Å². The Morgan fingerprint density at radius 2 is 1.53 bits per heavy atom. The number of carbonyl (C=O) groups is 6. The molecule has 2 aliphatic rings. The predicted molar refractivity (Wildman–Crippen MR) is 154 cm³/mol. The highest BCUT2D eigenvalue weighted by molar-refractivity contribution is 6.38. The molecule has 0 spiro atoms. The van der Waals surface area contributed by atoms with Crippen molar-refractivity contribution in [3.05, 3.63) is 71.8 Å². The lowest BCUT2D eigenvalue weighted by atomic mass is 9.87. The first-order chi connectivity index (χ1) is 20.6. The Balaban J connectivity index is 1.40. The number of benzene rings is 2. The Labute approximate surface area is 250 Å². The van der Waals surface area contributed by atoms with Gasteiger partial charge in [-0.25, -0.2) is 9.59 Å². The molecule has 228 valence electrons. The minimum absolute atomic E-state index is 0.00613. The summed E-state index contributed by atoms with van der Waals surface area (Å²) in [4.78, 5) is 77.1. The lowest BCUT2D eigenvalue weighted by Gasteiger charge is -2.36. The lowest BCUT2D eigenvalue weighted by Crippen LogP contribution is -2.53. The second kappa shape index (κ2) is 14.2. The molecule has 0 N–H and O–H groups in total. The molecule has 0 bridgehead atoms. The van der Waals surface area contributed by atoms with E-state index in [-0.39, 0.29) is 19.4 Å². The summed E-state index contributed by atoms with van der Waals surface area (Å²) in [6, 6.07) is 18.3. The maximum Gasteiger partial charge on any atom is 0.509 e. The third-order valence-electron chi connectivity index (χ3n) is 7.78. The number of likely N-dealkylation sites (tertiary alicyclic amines) is 1. The van der Waals surface area contributed by atoms with Crippen LogP contribution in [0.25, 0.3) is 0 Å². The molecular weight excluding hydrogens is 554 g/mol. The van der Waals surface area contributed by atoms with Crippen LogP contribution in [0.4, 0.5) is 4.79 Å². The first-order valence-electron chi connectivity index (χ1n) is 14.6. The number of amides is 1. The van der Waals surface area contributed by atoms with E-state index in [1.54, 1.807) is 0 Å². The molecule has 1 saturated carbocycles. The van der Waals surface area contributed by atoms with Gasteiger partial charge in [-0.1, -0.05) is 60.7 Å². The van der Waals surface area contributed by atoms with Gasteiger partial charge in [0.2, 0.25) is 11.9 Å². The van der Waals surface area contributed by atoms with Crippen molar-refractivity contribution in [2.24, 2.45) is 5.41 Å². The van der Waals surface area contributed by atoms with E-state index in [9.17, 15) is 28.8 Å². The highest BCUT2D eigenvalue weighted by Crippen LogP contribution is 2.28. The molecule has 43 heavy (non-hydrogen) atoms. The number of hydrogen-bond donors (Lipinski definition) is 0. The van der Waals surface area contributed by atoms with E-state index in [0.29, 0.717) is 32.1 Å². The van der Waals surface area contributed by atoms with E-state index in [1.165, 1.54) is 18.7 Å². The molecule has 0 radical (unpaired) electrons. The van der Waals surface area contributed by atoms with Gasteiger partial charge in [-0.2, -0.15) is 0 Å². The summed E-state index contributed by atoms with van der Waals surface area (Å²) in [7, 11) is 0. The molecule has 1 saturated heterocycles. The summed E-state index contributed by atoms with van der Waals surface area (Å²) in [5.74, 6) is -3.32. The van der Waals surface area contributed by atoms with Gasteiger partial charge in [0.15, 0.2) is 11.6 Å². The number of aryl methyl sites for hydroxylation is 1. The molecule has 10 heteroatoms. The minimum Gasteiger partial charge on any atom is -0.456 e. The second-order valence-corrected chi connectivity index (χ2v) is 11.6. The van der Waals surface area contributed by atoms with Crippen LogP contribution in [-0.4, -0.2) is 65.6 Å². The summed E-state index contributed by atoms with van der Waals surface area (Å²) < 4.78 is 15.9. The molecule has 2 aromatic rings. The molecule has 0 unspecified atom stereocenters. The van der Waals surface area contributed by atoms with Gasteiger partial charge in [0.1, 0.15) is 18.8 Å². The highest BCUT2D eigenvalue weighted by atomic mass is 16.7. The zero-order valence-electron chi connectivity index (χ0n) is 24.5. The van der Waals surface area contributed by atoms with Crippen LogP contribution in [0.3, 0.4) is 0 Å². The average molecular weight is 592 g/mol. The second-order valence-electron chi connectivity index (χ2n) is 11.6. The van der Waals surface area contributed by atoms with Crippen molar-refractivity contribution < 1.29 is 43.0 Å². The van der Waals surface area contributed by atoms with E-state index >= 15 is 0 Å². The Bertz CT molecular complexity index is 1320. The van der Waals surface area contributed by atoms with Crippen LogP contribution in [0.1, 0.15) is 69.6 Å². The number of rotatable bonds is 11. The largest absolute Gasteiger partial charge is 0.509 e. The molecule has 10 nitrogen and oxygen atoms in total. The predicted octanol–water partition coefficient (Wildman–Crippen LogP) is 4.33. The molecular formula is C33H37NO9. The smallest absolute Gasteiger partial charge is 0.456 e. The van der Waals surface area contributed by atoms with Gasteiger partial charge in [0.25, 0.3) is 5.91 Å². The Morgan fingerprint density at radius 3 is 2.19 bits per heavy atom. The maximum absolute atomic E-state index is 13.5. The van der Waals surface area contributed by atoms with Crippen molar-refractivity contribution in [1.82, 2.24) is 4.90 Å². The molecule has 1 heterocycles. The molecule has 2 fully saturated rings. The lowest BCUT2D eigenvalue weighted by molar-refractivity contribution is -0.165. The van der Waals surface area contributed by atoms with Crippen molar-refractivity contribution in [3.63, 3.8) is 0 Å². The number of ketones is 3. The number of hydrogen-bond acceptors (Lipinski definition) is 9. The zero-order chi connectivity index (χ0) is 31.0. The van der Waals surface area contributed by atoms with Crippen molar-refractivity contribution in [1.29, 1.82) is 0 Å². The monoisotopic (exact) mass is 591 g/mol. The SMILES string of the molecule is CC(C)(COC(=O)OC1C(=O)CCC1=O)C(=O)C(=O)N1CCCC[C@H]1C(=O)O[C@H](CCc1ccccc1)c1ccccc1. The van der Waals surface area contributed by atoms with Crippen molar-refractivity contribution in [2.75, 3.05) is 13.2 Å². The quantitative estimate of drug-likeness (QED) is 0.213. The van der Waals surface area contributed by atoms with E-state index in [1.807, 2.05) is 60.7 Å². The Kier molecular flexibility index (Phi) is 10.4. The summed E-state index contributed by atoms with van der Waals surface area (Å²) in [5, 5.41) is 0. The normalized spacial score (nSPS) is 18.2. The van der Waals surface area contributed by atoms with Gasteiger partial charge in [-0.15, -0.1) is 0 Å². The summed E-state index contributed by atoms with van der Waals surface area (Å²) in [6.45, 7) is 2.54. The summed E-state index contributed by atoms with van der Waals surface area (Å²) in [6.07, 6.45) is -0.453. The fraction of sp³-hybridized carbons (Fsp3) is 0.455. The average Bonchev–Trinajstić information content (AvgIpc) is 3.34. The van der Waals surface area contributed by atoms with Gasteiger partial charge in [-0.05, 0) is 57.1 Å². The van der Waals surface area contributed by atoms with E-state index in [0.717, 1.165) is 11.1 Å². The first-order valence-corrected chi connectivity index (χ1v) is 14.6. The van der Waals surface area contributed by atoms with Crippen LogP contribution in [0, 0.1) is 5.41 Å². The number of Topliss-reactive ketones (excluding diaryl/α,β-unsaturated/α-hetero) is 3. The van der Waals surface area contributed by atoms with E-state index < -0.39 is 65.7 Å². The molecule has 1 amide bonds.